The van der Waals surface area contributed by atoms with Crippen molar-refractivity contribution in [1.82, 2.24) is 0 Å². The van der Waals surface area contributed by atoms with Crippen molar-refractivity contribution in [1.29, 1.82) is 0 Å². The van der Waals surface area contributed by atoms with Crippen molar-refractivity contribution in [2.45, 2.75) is 12.8 Å². The molecule has 0 unspecified atom stereocenters. The highest BCUT2D eigenvalue weighted by atomic mass is 79.9. The summed E-state index contributed by atoms with van der Waals surface area (Å²) in [7, 11) is 0. The largest absolute Gasteiger partial charge is 0.0622 e. The molecule has 2 heteroatoms. The van der Waals surface area contributed by atoms with Crippen molar-refractivity contribution in [3.8, 4) is 0 Å². The maximum atomic E-state index is 3.69. The summed E-state index contributed by atoms with van der Waals surface area (Å²) in [5.41, 5.74) is 5.44. The molecule has 0 fully saturated rings. The van der Waals surface area contributed by atoms with Crippen LogP contribution < -0.4 is 0 Å². The van der Waals surface area contributed by atoms with Crippen LogP contribution in [0.4, 0.5) is 0 Å². The minimum Gasteiger partial charge on any atom is -0.0622 e. The first-order valence-electron chi connectivity index (χ1n) is 6.61. The van der Waals surface area contributed by atoms with Crippen LogP contribution in [0.2, 0.25) is 0 Å². The van der Waals surface area contributed by atoms with E-state index in [4.69, 9.17) is 0 Å². The molecule has 0 N–H and O–H groups in total. The maximum Gasteiger partial charge on any atom is 0.00993 e. The molecule has 0 nitrogen and oxygen atoms in total. The first kappa shape index (κ1) is 13.8. The van der Waals surface area contributed by atoms with E-state index in [-0.39, 0.29) is 0 Å². The fourth-order valence-electron chi connectivity index (χ4n) is 2.55. The molecule has 2 aromatic rings. The lowest BCUT2D eigenvalue weighted by Gasteiger charge is -2.22. The number of hydrogen-bond donors (Lipinski definition) is 0. The van der Waals surface area contributed by atoms with Gasteiger partial charge in [-0.3, -0.25) is 0 Å². The number of halogens is 2. The van der Waals surface area contributed by atoms with Crippen LogP contribution in [0.1, 0.15) is 24.0 Å². The summed E-state index contributed by atoms with van der Waals surface area (Å²) in [4.78, 5) is 0. The highest BCUT2D eigenvalue weighted by Crippen LogP contribution is 2.44. The van der Waals surface area contributed by atoms with E-state index in [0.717, 1.165) is 12.8 Å². The van der Waals surface area contributed by atoms with Crippen LogP contribution in [-0.4, -0.2) is 0 Å². The monoisotopic (exact) mass is 388 g/mol. The summed E-state index contributed by atoms with van der Waals surface area (Å²) >= 11 is 7.38. The van der Waals surface area contributed by atoms with Crippen LogP contribution in [0, 0.1) is 0 Å². The van der Waals surface area contributed by atoms with Crippen molar-refractivity contribution in [3.05, 3.63) is 80.8 Å². The third-order valence-corrected chi connectivity index (χ3v) is 5.62. The van der Waals surface area contributed by atoms with E-state index in [2.05, 4.69) is 92.5 Å². The Kier molecular flexibility index (Phi) is 4.23. The highest BCUT2D eigenvalue weighted by Gasteiger charge is 2.20. The molecular weight excluding hydrogens is 376 g/mol. The Hall–Kier alpha value is -1.12. The molecule has 0 atom stereocenters. The van der Waals surface area contributed by atoms with E-state index in [9.17, 15) is 0 Å². The molecule has 1 aliphatic rings. The second-order valence-electron chi connectivity index (χ2n) is 4.85. The van der Waals surface area contributed by atoms with E-state index in [1.807, 2.05) is 0 Å². The van der Waals surface area contributed by atoms with Gasteiger partial charge in [-0.1, -0.05) is 92.5 Å². The van der Waals surface area contributed by atoms with Crippen LogP contribution in [0.5, 0.6) is 0 Å². The lowest BCUT2D eigenvalue weighted by Crippen LogP contribution is -1.99. The zero-order chi connectivity index (χ0) is 13.9. The summed E-state index contributed by atoms with van der Waals surface area (Å²) in [6.07, 6.45) is 1.88. The topological polar surface area (TPSA) is 0 Å². The SMILES string of the molecule is BrC1=C(Br)CC(c2ccccc2)=C(c2ccccc2)C1. The predicted molar refractivity (Wildman–Crippen MR) is 93.8 cm³/mol. The molecular formula is C18H14Br2. The standard InChI is InChI=1S/C18H14Br2/c19-17-11-15(13-7-3-1-4-8-13)16(12-18(17)20)14-9-5-2-6-10-14/h1-10H,11-12H2. The quantitative estimate of drug-likeness (QED) is 0.557. The van der Waals surface area contributed by atoms with Crippen molar-refractivity contribution >= 4 is 43.0 Å². The zero-order valence-electron chi connectivity index (χ0n) is 10.9. The van der Waals surface area contributed by atoms with Crippen molar-refractivity contribution < 1.29 is 0 Å². The third-order valence-electron chi connectivity index (χ3n) is 3.57. The Morgan fingerprint density at radius 1 is 0.550 bits per heavy atom. The number of benzene rings is 2. The minimum absolute atomic E-state index is 0.939. The van der Waals surface area contributed by atoms with Gasteiger partial charge >= 0.3 is 0 Å². The summed E-state index contributed by atoms with van der Waals surface area (Å²) in [6.45, 7) is 0. The normalized spacial score (nSPS) is 15.7. The molecule has 3 rings (SSSR count). The molecule has 0 saturated heterocycles. The maximum absolute atomic E-state index is 3.69. The van der Waals surface area contributed by atoms with Gasteiger partial charge in [0.25, 0.3) is 0 Å². The molecule has 1 aliphatic carbocycles. The van der Waals surface area contributed by atoms with Crippen molar-refractivity contribution in [2.75, 3.05) is 0 Å². The average molecular weight is 390 g/mol. The van der Waals surface area contributed by atoms with Crippen LogP contribution in [0.25, 0.3) is 11.1 Å². The average Bonchev–Trinajstić information content (AvgIpc) is 2.51. The highest BCUT2D eigenvalue weighted by molar-refractivity contribution is 9.14. The fraction of sp³-hybridized carbons (Fsp3) is 0.111. The van der Waals surface area contributed by atoms with E-state index >= 15 is 0 Å². The minimum atomic E-state index is 0.939. The van der Waals surface area contributed by atoms with Crippen LogP contribution in [0.15, 0.2) is 69.6 Å². The molecule has 0 heterocycles. The molecule has 100 valence electrons. The van der Waals surface area contributed by atoms with Gasteiger partial charge in [0.15, 0.2) is 0 Å². The molecule has 0 amide bonds. The van der Waals surface area contributed by atoms with E-state index in [0.29, 0.717) is 0 Å². The van der Waals surface area contributed by atoms with Gasteiger partial charge < -0.3 is 0 Å². The summed E-state index contributed by atoms with van der Waals surface area (Å²) < 4.78 is 2.49. The summed E-state index contributed by atoms with van der Waals surface area (Å²) in [5, 5.41) is 0. The van der Waals surface area contributed by atoms with Crippen LogP contribution in [0.3, 0.4) is 0 Å². The Morgan fingerprint density at radius 2 is 0.900 bits per heavy atom. The van der Waals surface area contributed by atoms with Crippen LogP contribution in [-0.2, 0) is 0 Å². The zero-order valence-corrected chi connectivity index (χ0v) is 14.1. The Labute approximate surface area is 136 Å². The molecule has 0 aromatic heterocycles. The van der Waals surface area contributed by atoms with Gasteiger partial charge in [-0.05, 0) is 22.3 Å². The van der Waals surface area contributed by atoms with Gasteiger partial charge in [0.2, 0.25) is 0 Å². The van der Waals surface area contributed by atoms with Gasteiger partial charge in [0, 0.05) is 21.8 Å². The van der Waals surface area contributed by atoms with E-state index in [1.54, 1.807) is 0 Å². The first-order chi connectivity index (χ1) is 9.75. The van der Waals surface area contributed by atoms with Gasteiger partial charge in [-0.15, -0.1) is 0 Å². The Balaban J connectivity index is 2.13. The van der Waals surface area contributed by atoms with Gasteiger partial charge in [0.05, 0.1) is 0 Å². The van der Waals surface area contributed by atoms with Gasteiger partial charge in [-0.25, -0.2) is 0 Å². The lowest BCUT2D eigenvalue weighted by molar-refractivity contribution is 1.23. The van der Waals surface area contributed by atoms with E-state index < -0.39 is 0 Å². The third kappa shape index (κ3) is 2.82. The fourth-order valence-corrected chi connectivity index (χ4v) is 3.39. The van der Waals surface area contributed by atoms with E-state index in [1.165, 1.54) is 31.2 Å². The molecule has 0 spiro atoms. The molecule has 2 aromatic carbocycles. The summed E-state index contributed by atoms with van der Waals surface area (Å²) in [5.74, 6) is 0. The summed E-state index contributed by atoms with van der Waals surface area (Å²) in [6, 6.07) is 21.3. The lowest BCUT2D eigenvalue weighted by atomic mass is 9.87. The molecule has 0 radical (unpaired) electrons. The molecule has 0 bridgehead atoms. The van der Waals surface area contributed by atoms with Gasteiger partial charge in [0.1, 0.15) is 0 Å². The smallest absolute Gasteiger partial charge is 0.00993 e. The van der Waals surface area contributed by atoms with Crippen LogP contribution >= 0.6 is 31.9 Å². The number of rotatable bonds is 2. The van der Waals surface area contributed by atoms with Gasteiger partial charge in [-0.2, -0.15) is 0 Å². The predicted octanol–water partition coefficient (Wildman–Crippen LogP) is 6.39. The molecule has 0 aliphatic heterocycles. The van der Waals surface area contributed by atoms with Crippen molar-refractivity contribution in [3.63, 3.8) is 0 Å². The Morgan fingerprint density at radius 3 is 1.25 bits per heavy atom. The number of hydrogen-bond acceptors (Lipinski definition) is 0. The second-order valence-corrected chi connectivity index (χ2v) is 6.77. The first-order valence-corrected chi connectivity index (χ1v) is 8.20. The van der Waals surface area contributed by atoms with Crippen molar-refractivity contribution in [2.24, 2.45) is 0 Å². The Bertz CT molecular complexity index is 608. The molecule has 20 heavy (non-hydrogen) atoms. The molecule has 0 saturated carbocycles. The number of allylic oxidation sites excluding steroid dienone is 4. The second kappa shape index (κ2) is 6.11.